The van der Waals surface area contributed by atoms with Crippen LogP contribution < -0.4 is 10.6 Å². The zero-order chi connectivity index (χ0) is 17.7. The zero-order valence-electron chi connectivity index (χ0n) is 15.2. The summed E-state index contributed by atoms with van der Waals surface area (Å²) in [5.41, 5.74) is 4.50. The number of para-hydroxylation sites is 1. The predicted octanol–water partition coefficient (Wildman–Crippen LogP) is 4.67. The highest BCUT2D eigenvalue weighted by atomic mass is 16.1. The topological polar surface area (TPSA) is 54.0 Å². The molecule has 0 unspecified atom stereocenters. The van der Waals surface area contributed by atoms with Crippen LogP contribution in [0.1, 0.15) is 56.2 Å². The van der Waals surface area contributed by atoms with Gasteiger partial charge in [0.05, 0.1) is 11.9 Å². The van der Waals surface area contributed by atoms with Gasteiger partial charge >= 0.3 is 0 Å². The lowest BCUT2D eigenvalue weighted by Gasteiger charge is -2.21. The molecule has 2 rings (SSSR count). The summed E-state index contributed by atoms with van der Waals surface area (Å²) in [5.74, 6) is -0.173. The van der Waals surface area contributed by atoms with Gasteiger partial charge in [0.2, 0.25) is 0 Å². The van der Waals surface area contributed by atoms with E-state index in [0.717, 1.165) is 35.3 Å². The van der Waals surface area contributed by atoms with Gasteiger partial charge < -0.3 is 10.6 Å². The minimum absolute atomic E-state index is 0.0401. The van der Waals surface area contributed by atoms with Crippen molar-refractivity contribution in [3.63, 3.8) is 0 Å². The van der Waals surface area contributed by atoms with E-state index in [0.29, 0.717) is 5.69 Å². The Bertz CT molecular complexity index is 678. The van der Waals surface area contributed by atoms with E-state index >= 15 is 0 Å². The number of benzene rings is 1. The quantitative estimate of drug-likeness (QED) is 0.840. The SMILES string of the molecule is CCc1cccc(CC)c1NC(=O)c1ccc(NC(C)(C)C)cn1. The minimum atomic E-state index is -0.173. The lowest BCUT2D eigenvalue weighted by Crippen LogP contribution is -2.26. The van der Waals surface area contributed by atoms with E-state index in [9.17, 15) is 4.79 Å². The molecule has 0 spiro atoms. The van der Waals surface area contributed by atoms with Crippen LogP contribution in [0.5, 0.6) is 0 Å². The van der Waals surface area contributed by atoms with E-state index in [-0.39, 0.29) is 11.4 Å². The molecular formula is C20H27N3O. The number of amides is 1. The molecule has 0 fully saturated rings. The Morgan fingerprint density at radius 1 is 1.04 bits per heavy atom. The third-order valence-electron chi connectivity index (χ3n) is 3.75. The van der Waals surface area contributed by atoms with Gasteiger partial charge in [0.25, 0.3) is 5.91 Å². The molecule has 0 aliphatic rings. The maximum absolute atomic E-state index is 12.6. The van der Waals surface area contributed by atoms with Crippen LogP contribution in [0.4, 0.5) is 11.4 Å². The van der Waals surface area contributed by atoms with Crippen LogP contribution in [0.3, 0.4) is 0 Å². The number of carbonyl (C=O) groups excluding carboxylic acids is 1. The Morgan fingerprint density at radius 2 is 1.67 bits per heavy atom. The molecule has 0 bridgehead atoms. The molecule has 24 heavy (non-hydrogen) atoms. The first-order chi connectivity index (χ1) is 11.3. The molecule has 2 aromatic rings. The summed E-state index contributed by atoms with van der Waals surface area (Å²) in [4.78, 5) is 16.8. The number of aromatic nitrogens is 1. The van der Waals surface area contributed by atoms with Gasteiger partial charge in [-0.15, -0.1) is 0 Å². The van der Waals surface area contributed by atoms with Gasteiger partial charge in [-0.05, 0) is 56.9 Å². The number of carbonyl (C=O) groups is 1. The van der Waals surface area contributed by atoms with Crippen LogP contribution in [0, 0.1) is 0 Å². The highest BCUT2D eigenvalue weighted by Crippen LogP contribution is 2.23. The van der Waals surface area contributed by atoms with Gasteiger partial charge in [-0.1, -0.05) is 32.0 Å². The summed E-state index contributed by atoms with van der Waals surface area (Å²) in [6.45, 7) is 10.4. The standard InChI is InChI=1S/C20H27N3O/c1-6-14-9-8-10-15(7-2)18(14)22-19(24)17-12-11-16(13-21-17)23-20(3,4)5/h8-13,23H,6-7H2,1-5H3,(H,22,24). The lowest BCUT2D eigenvalue weighted by molar-refractivity contribution is 0.102. The van der Waals surface area contributed by atoms with Crippen LogP contribution >= 0.6 is 0 Å². The molecule has 0 aliphatic carbocycles. The van der Waals surface area contributed by atoms with E-state index in [1.807, 2.05) is 12.1 Å². The number of hydrogen-bond donors (Lipinski definition) is 2. The molecule has 4 heteroatoms. The number of nitrogens with zero attached hydrogens (tertiary/aromatic N) is 1. The molecule has 0 saturated carbocycles. The molecule has 0 atom stereocenters. The highest BCUT2D eigenvalue weighted by Gasteiger charge is 2.14. The maximum Gasteiger partial charge on any atom is 0.274 e. The number of nitrogens with one attached hydrogen (secondary N) is 2. The van der Waals surface area contributed by atoms with Crippen LogP contribution in [-0.4, -0.2) is 16.4 Å². The zero-order valence-corrected chi connectivity index (χ0v) is 15.2. The molecule has 1 heterocycles. The van der Waals surface area contributed by atoms with E-state index < -0.39 is 0 Å². The second kappa shape index (κ2) is 7.47. The fraction of sp³-hybridized carbons (Fsp3) is 0.400. The Balaban J connectivity index is 2.19. The highest BCUT2D eigenvalue weighted by molar-refractivity contribution is 6.03. The van der Waals surface area contributed by atoms with Crippen LogP contribution in [0.2, 0.25) is 0 Å². The summed E-state index contributed by atoms with van der Waals surface area (Å²) in [6.07, 6.45) is 3.46. The average Bonchev–Trinajstić information content (AvgIpc) is 2.54. The average molecular weight is 325 g/mol. The molecule has 128 valence electrons. The summed E-state index contributed by atoms with van der Waals surface area (Å²) in [5, 5.41) is 6.38. The fourth-order valence-electron chi connectivity index (χ4n) is 2.62. The Kier molecular flexibility index (Phi) is 5.60. The molecular weight excluding hydrogens is 298 g/mol. The monoisotopic (exact) mass is 325 g/mol. The normalized spacial score (nSPS) is 11.2. The van der Waals surface area contributed by atoms with Crippen molar-refractivity contribution in [2.75, 3.05) is 10.6 Å². The van der Waals surface area contributed by atoms with Crippen molar-refractivity contribution in [2.24, 2.45) is 0 Å². The maximum atomic E-state index is 12.6. The summed E-state index contributed by atoms with van der Waals surface area (Å²) >= 11 is 0. The first-order valence-electron chi connectivity index (χ1n) is 8.50. The van der Waals surface area contributed by atoms with Crippen molar-refractivity contribution in [1.82, 2.24) is 4.98 Å². The number of rotatable bonds is 5. The first kappa shape index (κ1) is 18.0. The predicted molar refractivity (Wildman–Crippen MR) is 101 cm³/mol. The van der Waals surface area contributed by atoms with Crippen LogP contribution in [-0.2, 0) is 12.8 Å². The van der Waals surface area contributed by atoms with Crippen molar-refractivity contribution in [3.8, 4) is 0 Å². The van der Waals surface area contributed by atoms with Gasteiger partial charge in [0, 0.05) is 11.2 Å². The smallest absolute Gasteiger partial charge is 0.274 e. The summed E-state index contributed by atoms with van der Waals surface area (Å²) < 4.78 is 0. The molecule has 0 saturated heterocycles. The van der Waals surface area contributed by atoms with Crippen molar-refractivity contribution in [3.05, 3.63) is 53.3 Å². The summed E-state index contributed by atoms with van der Waals surface area (Å²) in [6, 6.07) is 9.79. The van der Waals surface area contributed by atoms with Gasteiger partial charge in [-0.3, -0.25) is 4.79 Å². The number of aryl methyl sites for hydroxylation is 2. The van der Waals surface area contributed by atoms with Crippen LogP contribution in [0.15, 0.2) is 36.5 Å². The van der Waals surface area contributed by atoms with Gasteiger partial charge in [0.1, 0.15) is 5.69 Å². The van der Waals surface area contributed by atoms with E-state index in [4.69, 9.17) is 0 Å². The van der Waals surface area contributed by atoms with Gasteiger partial charge in [-0.25, -0.2) is 4.98 Å². The third-order valence-corrected chi connectivity index (χ3v) is 3.75. The molecule has 1 amide bonds. The second-order valence-electron chi connectivity index (χ2n) is 6.92. The lowest BCUT2D eigenvalue weighted by atomic mass is 10.0. The van der Waals surface area contributed by atoms with Crippen molar-refractivity contribution in [1.29, 1.82) is 0 Å². The molecule has 2 N–H and O–H groups in total. The number of anilines is 2. The minimum Gasteiger partial charge on any atom is -0.379 e. The Hall–Kier alpha value is -2.36. The van der Waals surface area contributed by atoms with Gasteiger partial charge in [-0.2, -0.15) is 0 Å². The number of hydrogen-bond acceptors (Lipinski definition) is 3. The molecule has 1 aromatic carbocycles. The first-order valence-corrected chi connectivity index (χ1v) is 8.50. The van der Waals surface area contributed by atoms with Crippen molar-refractivity contribution in [2.45, 2.75) is 53.0 Å². The van der Waals surface area contributed by atoms with Crippen LogP contribution in [0.25, 0.3) is 0 Å². The van der Waals surface area contributed by atoms with E-state index in [1.54, 1.807) is 12.3 Å². The second-order valence-corrected chi connectivity index (χ2v) is 6.92. The Labute approximate surface area is 144 Å². The third kappa shape index (κ3) is 4.57. The molecule has 4 nitrogen and oxygen atoms in total. The largest absolute Gasteiger partial charge is 0.379 e. The Morgan fingerprint density at radius 3 is 2.12 bits per heavy atom. The molecule has 1 aromatic heterocycles. The summed E-state index contributed by atoms with van der Waals surface area (Å²) in [7, 11) is 0. The van der Waals surface area contributed by atoms with Crippen molar-refractivity contribution < 1.29 is 4.79 Å². The molecule has 0 aliphatic heterocycles. The van der Waals surface area contributed by atoms with E-state index in [2.05, 4.69) is 62.4 Å². The molecule has 0 radical (unpaired) electrons. The van der Waals surface area contributed by atoms with Crippen molar-refractivity contribution >= 4 is 17.3 Å². The number of pyridine rings is 1. The van der Waals surface area contributed by atoms with Gasteiger partial charge in [0.15, 0.2) is 0 Å². The fourth-order valence-corrected chi connectivity index (χ4v) is 2.62. The van der Waals surface area contributed by atoms with E-state index in [1.165, 1.54) is 0 Å².